The predicted octanol–water partition coefficient (Wildman–Crippen LogP) is 15.9. The highest BCUT2D eigenvalue weighted by Crippen LogP contribution is 2.56. The summed E-state index contributed by atoms with van der Waals surface area (Å²) in [5.41, 5.74) is 18.6. The van der Waals surface area contributed by atoms with Crippen molar-refractivity contribution in [1.29, 1.82) is 0 Å². The van der Waals surface area contributed by atoms with Crippen LogP contribution in [0.3, 0.4) is 0 Å². The summed E-state index contributed by atoms with van der Waals surface area (Å²) in [5, 5.41) is 7.46. The molecule has 0 bridgehead atoms. The molecule has 0 heterocycles. The maximum Gasteiger partial charge on any atom is 0.0543 e. The summed E-state index contributed by atoms with van der Waals surface area (Å²) in [4.78, 5) is 5.03. The number of nitrogens with zero attached hydrogens (tertiary/aromatic N) is 2. The fraction of sp³-hybridized carbons (Fsp3) is 0.143. The molecule has 0 spiro atoms. The number of benzene rings is 9. The lowest BCUT2D eigenvalue weighted by molar-refractivity contribution is 0.661. The highest BCUT2D eigenvalue weighted by Gasteiger charge is 2.39. The topological polar surface area (TPSA) is 6.48 Å². The first kappa shape index (κ1) is 35.8. The van der Waals surface area contributed by atoms with Crippen molar-refractivity contribution >= 4 is 66.4 Å². The normalized spacial score (nSPS) is 12.9. The SMILES string of the molecule is Cc1ccc(N(c2cccc3ccccc23)c2cc3c(c4ccccc24)-c2ccc(N(c4c(C)cc(C)cc4C)c4cccc5ccccc45)cc2C3(C)C)c(C)c1. The summed E-state index contributed by atoms with van der Waals surface area (Å²) < 4.78 is 0. The Morgan fingerprint density at radius 3 is 1.57 bits per heavy atom. The van der Waals surface area contributed by atoms with E-state index in [1.807, 2.05) is 0 Å². The maximum absolute atomic E-state index is 2.52. The van der Waals surface area contributed by atoms with E-state index in [1.54, 1.807) is 0 Å². The Hall–Kier alpha value is -6.64. The monoisotopic (exact) mass is 748 g/mol. The van der Waals surface area contributed by atoms with Crippen LogP contribution in [0.15, 0.2) is 164 Å². The lowest BCUT2D eigenvalue weighted by Crippen LogP contribution is -2.18. The molecular formula is C56H48N2. The van der Waals surface area contributed by atoms with Crippen LogP contribution < -0.4 is 9.80 Å². The van der Waals surface area contributed by atoms with Crippen molar-refractivity contribution in [2.24, 2.45) is 0 Å². The van der Waals surface area contributed by atoms with Crippen molar-refractivity contribution in [3.05, 3.63) is 203 Å². The second kappa shape index (κ2) is 13.5. The average Bonchev–Trinajstić information content (AvgIpc) is 3.45. The molecule has 9 aromatic rings. The summed E-state index contributed by atoms with van der Waals surface area (Å²) in [6.07, 6.45) is 0. The Labute approximate surface area is 342 Å². The van der Waals surface area contributed by atoms with Crippen LogP contribution in [0.25, 0.3) is 43.4 Å². The predicted molar refractivity (Wildman–Crippen MR) is 250 cm³/mol. The van der Waals surface area contributed by atoms with Crippen LogP contribution >= 0.6 is 0 Å². The smallest absolute Gasteiger partial charge is 0.0543 e. The second-order valence-electron chi connectivity index (χ2n) is 16.9. The molecule has 9 aromatic carbocycles. The first-order valence-electron chi connectivity index (χ1n) is 20.5. The van der Waals surface area contributed by atoms with Gasteiger partial charge in [-0.15, -0.1) is 0 Å². The summed E-state index contributed by atoms with van der Waals surface area (Å²) in [6.45, 7) is 16.0. The zero-order valence-corrected chi connectivity index (χ0v) is 34.5. The molecule has 0 unspecified atom stereocenters. The van der Waals surface area contributed by atoms with Crippen LogP contribution in [0, 0.1) is 34.6 Å². The Morgan fingerprint density at radius 2 is 0.931 bits per heavy atom. The molecule has 0 atom stereocenters. The van der Waals surface area contributed by atoms with Crippen molar-refractivity contribution in [3.63, 3.8) is 0 Å². The fourth-order valence-electron chi connectivity index (χ4n) is 10.0. The van der Waals surface area contributed by atoms with Crippen molar-refractivity contribution < 1.29 is 0 Å². The molecular weight excluding hydrogens is 701 g/mol. The van der Waals surface area contributed by atoms with Crippen LogP contribution in [0.5, 0.6) is 0 Å². The summed E-state index contributed by atoms with van der Waals surface area (Å²) in [7, 11) is 0. The molecule has 0 aromatic heterocycles. The highest BCUT2D eigenvalue weighted by atomic mass is 15.2. The van der Waals surface area contributed by atoms with Gasteiger partial charge in [0.05, 0.1) is 22.7 Å². The lowest BCUT2D eigenvalue weighted by atomic mass is 9.81. The van der Waals surface area contributed by atoms with E-state index < -0.39 is 0 Å². The van der Waals surface area contributed by atoms with E-state index in [4.69, 9.17) is 0 Å². The first-order chi connectivity index (χ1) is 28.1. The van der Waals surface area contributed by atoms with Crippen LogP contribution in [0.2, 0.25) is 0 Å². The molecule has 0 fully saturated rings. The molecule has 0 radical (unpaired) electrons. The third kappa shape index (κ3) is 5.54. The van der Waals surface area contributed by atoms with Gasteiger partial charge in [-0.05, 0) is 126 Å². The molecule has 0 N–H and O–H groups in total. The Balaban J connectivity index is 1.22. The van der Waals surface area contributed by atoms with Gasteiger partial charge in [-0.2, -0.15) is 0 Å². The number of hydrogen-bond donors (Lipinski definition) is 0. The number of hydrogen-bond acceptors (Lipinski definition) is 2. The molecule has 0 amide bonds. The lowest BCUT2D eigenvalue weighted by Gasteiger charge is -2.32. The van der Waals surface area contributed by atoms with E-state index >= 15 is 0 Å². The number of fused-ring (bicyclic) bond motifs is 7. The van der Waals surface area contributed by atoms with E-state index in [-0.39, 0.29) is 5.41 Å². The van der Waals surface area contributed by atoms with Gasteiger partial charge >= 0.3 is 0 Å². The number of anilines is 6. The van der Waals surface area contributed by atoms with E-state index in [2.05, 4.69) is 222 Å². The van der Waals surface area contributed by atoms with E-state index in [0.717, 1.165) is 0 Å². The summed E-state index contributed by atoms with van der Waals surface area (Å²) in [6, 6.07) is 61.2. The van der Waals surface area contributed by atoms with Gasteiger partial charge in [0, 0.05) is 32.9 Å². The van der Waals surface area contributed by atoms with E-state index in [0.29, 0.717) is 0 Å². The standard InChI is InChI=1S/C56H48N2/c1-35-26-29-50(37(3)30-35)58(52-25-15-19-41-17-9-11-21-44(41)52)53-34-49-54(46-23-13-12-22-45(46)53)47-28-27-42(33-48(47)56(49,6)7)57(55-38(4)31-36(2)32-39(55)5)51-24-14-18-40-16-8-10-20-43(40)51/h8-34H,1-7H3. The summed E-state index contributed by atoms with van der Waals surface area (Å²) in [5.74, 6) is 0. The van der Waals surface area contributed by atoms with Gasteiger partial charge in [0.2, 0.25) is 0 Å². The molecule has 58 heavy (non-hydrogen) atoms. The van der Waals surface area contributed by atoms with Crippen molar-refractivity contribution in [1.82, 2.24) is 0 Å². The zero-order chi connectivity index (χ0) is 39.9. The molecule has 282 valence electrons. The molecule has 0 saturated heterocycles. The van der Waals surface area contributed by atoms with Gasteiger partial charge < -0.3 is 9.80 Å². The molecule has 1 aliphatic carbocycles. The minimum Gasteiger partial charge on any atom is -0.309 e. The van der Waals surface area contributed by atoms with Crippen molar-refractivity contribution in [3.8, 4) is 11.1 Å². The van der Waals surface area contributed by atoms with Gasteiger partial charge in [0.15, 0.2) is 0 Å². The third-order valence-electron chi connectivity index (χ3n) is 12.6. The third-order valence-corrected chi connectivity index (χ3v) is 12.6. The molecule has 1 aliphatic rings. The van der Waals surface area contributed by atoms with Crippen LogP contribution in [-0.2, 0) is 5.41 Å². The van der Waals surface area contributed by atoms with Crippen LogP contribution in [0.1, 0.15) is 52.8 Å². The fourth-order valence-corrected chi connectivity index (χ4v) is 10.0. The van der Waals surface area contributed by atoms with Gasteiger partial charge in [-0.3, -0.25) is 0 Å². The van der Waals surface area contributed by atoms with Crippen molar-refractivity contribution in [2.75, 3.05) is 9.80 Å². The molecule has 2 heteroatoms. The maximum atomic E-state index is 2.52. The van der Waals surface area contributed by atoms with Crippen molar-refractivity contribution in [2.45, 2.75) is 53.9 Å². The Kier molecular flexibility index (Phi) is 8.32. The zero-order valence-electron chi connectivity index (χ0n) is 34.5. The number of aryl methyl sites for hydroxylation is 5. The Morgan fingerprint density at radius 1 is 0.379 bits per heavy atom. The first-order valence-corrected chi connectivity index (χ1v) is 20.5. The molecule has 0 saturated carbocycles. The van der Waals surface area contributed by atoms with Gasteiger partial charge in [-0.25, -0.2) is 0 Å². The highest BCUT2D eigenvalue weighted by molar-refractivity contribution is 6.12. The van der Waals surface area contributed by atoms with Crippen LogP contribution in [0.4, 0.5) is 34.1 Å². The Bertz CT molecular complexity index is 3080. The molecule has 0 aliphatic heterocycles. The van der Waals surface area contributed by atoms with Crippen LogP contribution in [-0.4, -0.2) is 0 Å². The molecule has 10 rings (SSSR count). The van der Waals surface area contributed by atoms with Gasteiger partial charge in [0.1, 0.15) is 0 Å². The van der Waals surface area contributed by atoms with E-state index in [9.17, 15) is 0 Å². The summed E-state index contributed by atoms with van der Waals surface area (Å²) >= 11 is 0. The minimum atomic E-state index is -0.284. The largest absolute Gasteiger partial charge is 0.309 e. The van der Waals surface area contributed by atoms with E-state index in [1.165, 1.54) is 117 Å². The second-order valence-corrected chi connectivity index (χ2v) is 16.9. The quantitative estimate of drug-likeness (QED) is 0.167. The minimum absolute atomic E-state index is 0.284. The number of rotatable bonds is 6. The average molecular weight is 749 g/mol. The van der Waals surface area contributed by atoms with Gasteiger partial charge in [-0.1, -0.05) is 152 Å². The van der Waals surface area contributed by atoms with Gasteiger partial charge in [0.25, 0.3) is 0 Å². The molecule has 2 nitrogen and oxygen atoms in total.